The third-order valence-corrected chi connectivity index (χ3v) is 3.15. The summed E-state index contributed by atoms with van der Waals surface area (Å²) in [4.78, 5) is 29.3. The van der Waals surface area contributed by atoms with Crippen LogP contribution in [-0.4, -0.2) is 41.3 Å². The highest BCUT2D eigenvalue weighted by Crippen LogP contribution is 2.06. The fraction of sp³-hybridized carbons (Fsp3) is 0.462. The molecular weight excluding hydrogens is 244 g/mol. The van der Waals surface area contributed by atoms with E-state index in [9.17, 15) is 9.59 Å². The Bertz CT molecular complexity index is 452. The summed E-state index contributed by atoms with van der Waals surface area (Å²) in [6.45, 7) is 2.00. The summed E-state index contributed by atoms with van der Waals surface area (Å²) in [6.07, 6.45) is 3.65. The van der Waals surface area contributed by atoms with Crippen LogP contribution in [0.1, 0.15) is 28.9 Å². The van der Waals surface area contributed by atoms with Crippen LogP contribution in [0.25, 0.3) is 0 Å². The number of nitrogens with zero attached hydrogens (tertiary/aromatic N) is 2. The standard InChI is InChI=1S/C13H18N4O2/c14-7-10-3-4-11(15-8-10)13(19)16-9-12(18)17-5-1-2-6-17/h3-4,8H,1-2,5-7,9,14H2,(H,16,19). The molecule has 0 saturated carbocycles. The minimum atomic E-state index is -0.337. The van der Waals surface area contributed by atoms with Gasteiger partial charge in [-0.2, -0.15) is 0 Å². The van der Waals surface area contributed by atoms with Crippen LogP contribution in [0.15, 0.2) is 18.3 Å². The van der Waals surface area contributed by atoms with Crippen molar-refractivity contribution in [3.63, 3.8) is 0 Å². The first kappa shape index (κ1) is 13.5. The molecule has 1 aliphatic heterocycles. The number of likely N-dealkylation sites (tertiary alicyclic amines) is 1. The third kappa shape index (κ3) is 3.51. The van der Waals surface area contributed by atoms with Crippen molar-refractivity contribution in [2.75, 3.05) is 19.6 Å². The van der Waals surface area contributed by atoms with Gasteiger partial charge in [0.2, 0.25) is 5.91 Å². The van der Waals surface area contributed by atoms with Crippen LogP contribution >= 0.6 is 0 Å². The van der Waals surface area contributed by atoms with E-state index in [4.69, 9.17) is 5.73 Å². The van der Waals surface area contributed by atoms with E-state index in [1.165, 1.54) is 0 Å². The first-order valence-electron chi connectivity index (χ1n) is 6.41. The van der Waals surface area contributed by atoms with Gasteiger partial charge in [0.15, 0.2) is 0 Å². The Balaban J connectivity index is 1.84. The van der Waals surface area contributed by atoms with Gasteiger partial charge in [0.25, 0.3) is 5.91 Å². The number of carbonyl (C=O) groups is 2. The lowest BCUT2D eigenvalue weighted by Crippen LogP contribution is -2.38. The third-order valence-electron chi connectivity index (χ3n) is 3.15. The molecule has 0 bridgehead atoms. The number of nitrogens with two attached hydrogens (primary N) is 1. The molecule has 102 valence electrons. The summed E-state index contributed by atoms with van der Waals surface area (Å²) in [5, 5.41) is 2.59. The quantitative estimate of drug-likeness (QED) is 0.792. The van der Waals surface area contributed by atoms with Gasteiger partial charge in [-0.1, -0.05) is 6.07 Å². The number of pyridine rings is 1. The van der Waals surface area contributed by atoms with E-state index in [2.05, 4.69) is 10.3 Å². The lowest BCUT2D eigenvalue weighted by atomic mass is 10.2. The fourth-order valence-electron chi connectivity index (χ4n) is 2.00. The molecular formula is C13H18N4O2. The van der Waals surface area contributed by atoms with Crippen molar-refractivity contribution >= 4 is 11.8 Å². The van der Waals surface area contributed by atoms with Crippen molar-refractivity contribution in [3.05, 3.63) is 29.6 Å². The molecule has 1 fully saturated rings. The van der Waals surface area contributed by atoms with Crippen molar-refractivity contribution in [2.24, 2.45) is 5.73 Å². The number of rotatable bonds is 4. The molecule has 1 aromatic heterocycles. The molecule has 6 nitrogen and oxygen atoms in total. The molecule has 0 aliphatic carbocycles. The molecule has 3 N–H and O–H groups in total. The molecule has 0 radical (unpaired) electrons. The molecule has 6 heteroatoms. The largest absolute Gasteiger partial charge is 0.342 e. The lowest BCUT2D eigenvalue weighted by molar-refractivity contribution is -0.129. The molecule has 0 aromatic carbocycles. The maximum absolute atomic E-state index is 11.8. The van der Waals surface area contributed by atoms with E-state index >= 15 is 0 Å². The summed E-state index contributed by atoms with van der Waals surface area (Å²) in [6, 6.07) is 3.36. The van der Waals surface area contributed by atoms with Gasteiger partial charge in [0, 0.05) is 25.8 Å². The van der Waals surface area contributed by atoms with Crippen LogP contribution in [0.5, 0.6) is 0 Å². The monoisotopic (exact) mass is 262 g/mol. The van der Waals surface area contributed by atoms with Gasteiger partial charge in [-0.05, 0) is 24.5 Å². The van der Waals surface area contributed by atoms with Gasteiger partial charge in [-0.3, -0.25) is 14.6 Å². The lowest BCUT2D eigenvalue weighted by Gasteiger charge is -2.15. The molecule has 0 spiro atoms. The van der Waals surface area contributed by atoms with Crippen LogP contribution in [0.2, 0.25) is 0 Å². The fourth-order valence-corrected chi connectivity index (χ4v) is 2.00. The molecule has 2 amide bonds. The maximum Gasteiger partial charge on any atom is 0.270 e. The van der Waals surface area contributed by atoms with Crippen LogP contribution < -0.4 is 11.1 Å². The van der Waals surface area contributed by atoms with E-state index in [1.807, 2.05) is 0 Å². The SMILES string of the molecule is NCc1ccc(C(=O)NCC(=O)N2CCCC2)nc1. The number of hydrogen-bond acceptors (Lipinski definition) is 4. The second-order valence-corrected chi connectivity index (χ2v) is 4.53. The second kappa shape index (κ2) is 6.29. The van der Waals surface area contributed by atoms with Crippen molar-refractivity contribution < 1.29 is 9.59 Å². The number of aromatic nitrogens is 1. The highest BCUT2D eigenvalue weighted by Gasteiger charge is 2.18. The van der Waals surface area contributed by atoms with Crippen molar-refractivity contribution in [1.29, 1.82) is 0 Å². The van der Waals surface area contributed by atoms with Gasteiger partial charge in [-0.25, -0.2) is 0 Å². The van der Waals surface area contributed by atoms with Crippen molar-refractivity contribution in [2.45, 2.75) is 19.4 Å². The Labute approximate surface area is 112 Å². The second-order valence-electron chi connectivity index (χ2n) is 4.53. The minimum absolute atomic E-state index is 0.0269. The Hall–Kier alpha value is -1.95. The van der Waals surface area contributed by atoms with Gasteiger partial charge in [0.1, 0.15) is 5.69 Å². The van der Waals surface area contributed by atoms with E-state index in [0.717, 1.165) is 31.5 Å². The van der Waals surface area contributed by atoms with E-state index < -0.39 is 0 Å². The molecule has 1 aromatic rings. The number of amides is 2. The van der Waals surface area contributed by atoms with E-state index in [1.54, 1.807) is 23.2 Å². The van der Waals surface area contributed by atoms with Crippen LogP contribution in [0.3, 0.4) is 0 Å². The van der Waals surface area contributed by atoms with Crippen molar-refractivity contribution in [3.8, 4) is 0 Å². The highest BCUT2D eigenvalue weighted by molar-refractivity contribution is 5.94. The van der Waals surface area contributed by atoms with E-state index in [-0.39, 0.29) is 18.4 Å². The average Bonchev–Trinajstić information content (AvgIpc) is 2.98. The zero-order valence-electron chi connectivity index (χ0n) is 10.8. The number of nitrogens with one attached hydrogen (secondary N) is 1. The summed E-state index contributed by atoms with van der Waals surface area (Å²) in [5.74, 6) is -0.374. The number of carbonyl (C=O) groups excluding carboxylic acids is 2. The summed E-state index contributed by atoms with van der Waals surface area (Å²) >= 11 is 0. The summed E-state index contributed by atoms with van der Waals surface area (Å²) < 4.78 is 0. The predicted octanol–water partition coefficient (Wildman–Crippen LogP) is -0.108. The Morgan fingerprint density at radius 2 is 2.05 bits per heavy atom. The Morgan fingerprint density at radius 1 is 1.32 bits per heavy atom. The molecule has 1 saturated heterocycles. The zero-order valence-corrected chi connectivity index (χ0v) is 10.8. The smallest absolute Gasteiger partial charge is 0.270 e. The summed E-state index contributed by atoms with van der Waals surface area (Å²) in [5.41, 5.74) is 6.62. The Morgan fingerprint density at radius 3 is 2.63 bits per heavy atom. The van der Waals surface area contributed by atoms with Gasteiger partial charge >= 0.3 is 0 Å². The predicted molar refractivity (Wildman–Crippen MR) is 70.3 cm³/mol. The molecule has 2 heterocycles. The van der Waals surface area contributed by atoms with Crippen LogP contribution in [0, 0.1) is 0 Å². The topological polar surface area (TPSA) is 88.3 Å². The van der Waals surface area contributed by atoms with Crippen molar-refractivity contribution in [1.82, 2.24) is 15.2 Å². The van der Waals surface area contributed by atoms with Gasteiger partial charge in [-0.15, -0.1) is 0 Å². The van der Waals surface area contributed by atoms with Gasteiger partial charge in [0.05, 0.1) is 6.54 Å². The maximum atomic E-state index is 11.8. The molecule has 0 atom stereocenters. The molecule has 0 unspecified atom stereocenters. The average molecular weight is 262 g/mol. The molecule has 19 heavy (non-hydrogen) atoms. The Kier molecular flexibility index (Phi) is 4.46. The highest BCUT2D eigenvalue weighted by atomic mass is 16.2. The minimum Gasteiger partial charge on any atom is -0.342 e. The number of hydrogen-bond donors (Lipinski definition) is 2. The molecule has 2 rings (SSSR count). The first-order valence-corrected chi connectivity index (χ1v) is 6.41. The van der Waals surface area contributed by atoms with Crippen LogP contribution in [0.4, 0.5) is 0 Å². The normalized spacial score (nSPS) is 14.5. The molecule has 1 aliphatic rings. The van der Waals surface area contributed by atoms with E-state index in [0.29, 0.717) is 12.2 Å². The van der Waals surface area contributed by atoms with Gasteiger partial charge < -0.3 is 16.0 Å². The first-order chi connectivity index (χ1) is 9.20. The zero-order chi connectivity index (χ0) is 13.7. The summed E-state index contributed by atoms with van der Waals surface area (Å²) in [7, 11) is 0. The van der Waals surface area contributed by atoms with Crippen LogP contribution in [-0.2, 0) is 11.3 Å².